The van der Waals surface area contributed by atoms with Crippen LogP contribution >= 0.6 is 0 Å². The number of ether oxygens (including phenoxy) is 1. The molecule has 39 heavy (non-hydrogen) atoms. The van der Waals surface area contributed by atoms with Crippen LogP contribution in [0.5, 0.6) is 0 Å². The molecule has 0 unspecified atom stereocenters. The summed E-state index contributed by atoms with van der Waals surface area (Å²) in [6, 6.07) is 22.4. The molecule has 1 fully saturated rings. The number of hydrogen-bond acceptors (Lipinski definition) is 5. The van der Waals surface area contributed by atoms with Gasteiger partial charge in [0, 0.05) is 18.7 Å². The van der Waals surface area contributed by atoms with Crippen LogP contribution in [0.2, 0.25) is 0 Å². The predicted molar refractivity (Wildman–Crippen MR) is 152 cm³/mol. The smallest absolute Gasteiger partial charge is 0.449 e. The van der Waals surface area contributed by atoms with Gasteiger partial charge in [-0.1, -0.05) is 54.6 Å². The number of nitrogens with one attached hydrogen (secondary N) is 1. The minimum atomic E-state index is -0.627. The van der Waals surface area contributed by atoms with Gasteiger partial charge in [0.25, 0.3) is 0 Å². The molecule has 0 bridgehead atoms. The normalized spacial score (nSPS) is 17.7. The molecule has 2 aromatic heterocycles. The lowest BCUT2D eigenvalue weighted by molar-refractivity contribution is 0.00578. The molecule has 0 spiro atoms. The lowest BCUT2D eigenvalue weighted by atomic mass is 9.77. The van der Waals surface area contributed by atoms with Crippen LogP contribution in [0.3, 0.4) is 0 Å². The second-order valence-corrected chi connectivity index (χ2v) is 11.1. The first-order valence-corrected chi connectivity index (χ1v) is 13.3. The lowest BCUT2D eigenvalue weighted by Crippen LogP contribution is -2.41. The Morgan fingerprint density at radius 2 is 1.59 bits per heavy atom. The molecule has 1 saturated heterocycles. The van der Waals surface area contributed by atoms with Crippen molar-refractivity contribution in [2.24, 2.45) is 0 Å². The Balaban J connectivity index is 1.19. The number of benzene rings is 2. The number of imidazole rings is 1. The minimum absolute atomic E-state index is 0.000540. The highest BCUT2D eigenvalue weighted by Gasteiger charge is 2.52. The third kappa shape index (κ3) is 4.64. The van der Waals surface area contributed by atoms with Crippen LogP contribution in [0.1, 0.15) is 50.4 Å². The Bertz CT molecular complexity index is 1510. The number of carbonyl (C=O) groups excluding carboxylic acids is 1. The van der Waals surface area contributed by atoms with E-state index in [-0.39, 0.29) is 19.1 Å². The number of pyridine rings is 1. The second-order valence-electron chi connectivity index (χ2n) is 11.1. The zero-order valence-corrected chi connectivity index (χ0v) is 22.7. The summed E-state index contributed by atoms with van der Waals surface area (Å²) in [5, 5.41) is 2.93. The Kier molecular flexibility index (Phi) is 6.32. The number of fused-ring (bicyclic) bond motifs is 4. The number of amides is 1. The molecule has 1 aliphatic heterocycles. The van der Waals surface area contributed by atoms with Crippen molar-refractivity contribution in [3.63, 3.8) is 0 Å². The zero-order valence-electron chi connectivity index (χ0n) is 22.7. The highest BCUT2D eigenvalue weighted by molar-refractivity contribution is 6.56. The van der Waals surface area contributed by atoms with Crippen molar-refractivity contribution in [3.05, 3.63) is 101 Å². The fourth-order valence-corrected chi connectivity index (χ4v) is 5.27. The van der Waals surface area contributed by atoms with Crippen LogP contribution in [0.15, 0.2) is 84.6 Å². The molecule has 1 amide bonds. The lowest BCUT2D eigenvalue weighted by Gasteiger charge is -2.32. The minimum Gasteiger partial charge on any atom is -0.449 e. The molecule has 8 heteroatoms. The van der Waals surface area contributed by atoms with Gasteiger partial charge in [0.05, 0.1) is 23.1 Å². The fraction of sp³-hybridized carbons (Fsp3) is 0.290. The van der Waals surface area contributed by atoms with Crippen LogP contribution < -0.4 is 5.32 Å². The van der Waals surface area contributed by atoms with Crippen molar-refractivity contribution >= 4 is 24.9 Å². The third-order valence-electron chi connectivity index (χ3n) is 8.12. The van der Waals surface area contributed by atoms with E-state index in [1.807, 2.05) is 86.8 Å². The Morgan fingerprint density at radius 1 is 0.974 bits per heavy atom. The van der Waals surface area contributed by atoms with Crippen molar-refractivity contribution in [2.45, 2.75) is 44.8 Å². The van der Waals surface area contributed by atoms with Gasteiger partial charge in [-0.05, 0) is 73.6 Å². The molecular weight excluding hydrogens is 489 g/mol. The Morgan fingerprint density at radius 3 is 2.26 bits per heavy atom. The largest absolute Gasteiger partial charge is 0.492 e. The van der Waals surface area contributed by atoms with Gasteiger partial charge < -0.3 is 23.8 Å². The number of aromatic nitrogens is 2. The van der Waals surface area contributed by atoms with Gasteiger partial charge in [0.15, 0.2) is 0 Å². The molecule has 6 rings (SSSR count). The average molecular weight is 521 g/mol. The summed E-state index contributed by atoms with van der Waals surface area (Å²) in [5.74, 6) is -0.000540. The first-order valence-electron chi connectivity index (χ1n) is 13.3. The van der Waals surface area contributed by atoms with E-state index in [9.17, 15) is 4.79 Å². The standard InChI is InChI=1S/C31H32BN3O4/c1-30(2)31(3,4)39-32(38-30)21(17-22-19-33-28-15-9-10-16-35(22)28)18-34-29(36)37-20-27-25-13-7-5-11-23(25)24-12-6-8-14-26(24)27/h5-17,19,27H,18,20H2,1-4H3,(H,34,36). The number of nitrogens with zero attached hydrogens (tertiary/aromatic N) is 2. The molecule has 0 atom stereocenters. The van der Waals surface area contributed by atoms with E-state index in [2.05, 4.69) is 34.6 Å². The second kappa shape index (κ2) is 9.70. The maximum absolute atomic E-state index is 13.0. The van der Waals surface area contributed by atoms with Crippen LogP contribution in [0.4, 0.5) is 4.79 Å². The third-order valence-corrected chi connectivity index (χ3v) is 8.12. The summed E-state index contributed by atoms with van der Waals surface area (Å²) in [6.45, 7) is 8.50. The Labute approximate surface area is 229 Å². The number of alkyl carbamates (subject to hydrolysis) is 1. The van der Waals surface area contributed by atoms with Crippen LogP contribution in [-0.4, -0.2) is 47.0 Å². The van der Waals surface area contributed by atoms with Crippen molar-refractivity contribution in [1.82, 2.24) is 14.7 Å². The SMILES string of the molecule is CC1(C)OB(C(=Cc2cnc3ccccn23)CNC(=O)OCC2c3ccccc3-c3ccccc32)OC1(C)C. The molecule has 2 aliphatic rings. The average Bonchev–Trinajstić information content (AvgIpc) is 3.54. The van der Waals surface area contributed by atoms with E-state index in [4.69, 9.17) is 14.0 Å². The van der Waals surface area contributed by atoms with E-state index in [0.29, 0.717) is 0 Å². The van der Waals surface area contributed by atoms with E-state index in [1.54, 1.807) is 6.20 Å². The van der Waals surface area contributed by atoms with Gasteiger partial charge in [-0.2, -0.15) is 0 Å². The summed E-state index contributed by atoms with van der Waals surface area (Å²) in [7, 11) is -0.627. The number of carbonyl (C=O) groups is 1. The van der Waals surface area contributed by atoms with Gasteiger partial charge in [-0.15, -0.1) is 0 Å². The van der Waals surface area contributed by atoms with Crippen LogP contribution in [0.25, 0.3) is 22.9 Å². The molecular formula is C31H32BN3O4. The molecule has 1 N–H and O–H groups in total. The molecule has 198 valence electrons. The monoisotopic (exact) mass is 521 g/mol. The highest BCUT2D eigenvalue weighted by Crippen LogP contribution is 2.44. The van der Waals surface area contributed by atoms with Gasteiger partial charge in [0.2, 0.25) is 0 Å². The first-order chi connectivity index (χ1) is 18.7. The predicted octanol–water partition coefficient (Wildman–Crippen LogP) is 5.89. The molecule has 4 aromatic rings. The first kappa shape index (κ1) is 25.4. The molecule has 0 saturated carbocycles. The summed E-state index contributed by atoms with van der Waals surface area (Å²) >= 11 is 0. The molecule has 0 radical (unpaired) electrons. The number of rotatable bonds is 6. The topological polar surface area (TPSA) is 74.1 Å². The van der Waals surface area contributed by atoms with Crippen LogP contribution in [0, 0.1) is 0 Å². The molecule has 1 aliphatic carbocycles. The quantitative estimate of drug-likeness (QED) is 0.321. The fourth-order valence-electron chi connectivity index (χ4n) is 5.27. The van der Waals surface area contributed by atoms with Crippen molar-refractivity contribution in [1.29, 1.82) is 0 Å². The van der Waals surface area contributed by atoms with Gasteiger partial charge in [0.1, 0.15) is 12.3 Å². The molecule has 3 heterocycles. The van der Waals surface area contributed by atoms with Crippen molar-refractivity contribution in [3.8, 4) is 11.1 Å². The Hall–Kier alpha value is -3.88. The summed E-state index contributed by atoms with van der Waals surface area (Å²) in [5.41, 5.74) is 6.19. The van der Waals surface area contributed by atoms with Crippen LogP contribution in [-0.2, 0) is 14.0 Å². The summed E-state index contributed by atoms with van der Waals surface area (Å²) < 4.78 is 20.4. The molecule has 7 nitrogen and oxygen atoms in total. The van der Waals surface area contributed by atoms with E-state index in [0.717, 1.165) is 16.8 Å². The summed E-state index contributed by atoms with van der Waals surface area (Å²) in [6.07, 6.45) is 5.23. The summed E-state index contributed by atoms with van der Waals surface area (Å²) in [4.78, 5) is 17.4. The van der Waals surface area contributed by atoms with Crippen molar-refractivity contribution < 1.29 is 18.8 Å². The molecule has 2 aromatic carbocycles. The zero-order chi connectivity index (χ0) is 27.2. The van der Waals surface area contributed by atoms with Gasteiger partial charge in [-0.3, -0.25) is 0 Å². The number of hydrogen-bond donors (Lipinski definition) is 1. The van der Waals surface area contributed by atoms with E-state index >= 15 is 0 Å². The van der Waals surface area contributed by atoms with Gasteiger partial charge >= 0.3 is 13.2 Å². The van der Waals surface area contributed by atoms with E-state index < -0.39 is 24.4 Å². The highest BCUT2D eigenvalue weighted by atomic mass is 16.7. The van der Waals surface area contributed by atoms with E-state index in [1.165, 1.54) is 22.3 Å². The maximum atomic E-state index is 13.0. The van der Waals surface area contributed by atoms with Crippen molar-refractivity contribution in [2.75, 3.05) is 13.2 Å². The maximum Gasteiger partial charge on any atom is 0.492 e. The van der Waals surface area contributed by atoms with Gasteiger partial charge in [-0.25, -0.2) is 9.78 Å².